The maximum Gasteiger partial charge on any atom is 0.360 e. The lowest BCUT2D eigenvalue weighted by Crippen LogP contribution is -2.55. The highest BCUT2D eigenvalue weighted by Gasteiger charge is 2.39. The van der Waals surface area contributed by atoms with Gasteiger partial charge in [-0.15, -0.1) is 0 Å². The number of esters is 1. The van der Waals surface area contributed by atoms with Crippen molar-refractivity contribution in [3.05, 3.63) is 39.6 Å². The summed E-state index contributed by atoms with van der Waals surface area (Å²) < 4.78 is 11.0. The Morgan fingerprint density at radius 1 is 1.29 bits per heavy atom. The van der Waals surface area contributed by atoms with Crippen LogP contribution in [0.2, 0.25) is 10.0 Å². The van der Waals surface area contributed by atoms with Gasteiger partial charge in [0.1, 0.15) is 0 Å². The molecule has 1 aliphatic heterocycles. The Bertz CT molecular complexity index is 960. The summed E-state index contributed by atoms with van der Waals surface area (Å²) >= 11 is 12.6. The van der Waals surface area contributed by atoms with Crippen LogP contribution in [0.4, 0.5) is 5.82 Å². The van der Waals surface area contributed by atoms with Gasteiger partial charge in [-0.25, -0.2) is 14.8 Å². The zero-order chi connectivity index (χ0) is 22.8. The molecule has 1 aliphatic rings. The number of nitrogens with zero attached hydrogens (tertiary/aromatic N) is 3. The van der Waals surface area contributed by atoms with E-state index >= 15 is 0 Å². The normalized spacial score (nSPS) is 16.8. The quantitative estimate of drug-likeness (QED) is 0.635. The lowest BCUT2D eigenvalue weighted by atomic mass is 9.85. The minimum Gasteiger partial charge on any atom is -0.461 e. The molecule has 9 heteroatoms. The number of nitrogens with two attached hydrogens (primary N) is 1. The van der Waals surface area contributed by atoms with Gasteiger partial charge in [-0.05, 0) is 39.7 Å². The summed E-state index contributed by atoms with van der Waals surface area (Å²) in [5, 5.41) is 0.772. The van der Waals surface area contributed by atoms with Crippen LogP contribution in [0.3, 0.4) is 0 Å². The molecule has 1 unspecified atom stereocenters. The highest BCUT2D eigenvalue weighted by Crippen LogP contribution is 2.36. The van der Waals surface area contributed by atoms with Crippen LogP contribution in [-0.2, 0) is 9.47 Å². The second-order valence-corrected chi connectivity index (χ2v) is 8.48. The van der Waals surface area contributed by atoms with E-state index in [1.165, 1.54) is 0 Å². The molecule has 0 saturated carbocycles. The molecule has 0 amide bonds. The van der Waals surface area contributed by atoms with Crippen molar-refractivity contribution < 1.29 is 14.3 Å². The Kier molecular flexibility index (Phi) is 7.42. The molecule has 0 aliphatic carbocycles. The number of anilines is 1. The molecule has 2 N–H and O–H groups in total. The lowest BCUT2D eigenvalue weighted by molar-refractivity contribution is -0.0452. The fourth-order valence-corrected chi connectivity index (χ4v) is 4.34. The van der Waals surface area contributed by atoms with Gasteiger partial charge < -0.3 is 20.1 Å². The van der Waals surface area contributed by atoms with Crippen molar-refractivity contribution in [2.75, 3.05) is 31.7 Å². The number of methoxy groups -OCH3 is 1. The Hall–Kier alpha value is -1.93. The summed E-state index contributed by atoms with van der Waals surface area (Å²) in [5.41, 5.74) is 7.70. The highest BCUT2D eigenvalue weighted by atomic mass is 35.5. The van der Waals surface area contributed by atoms with E-state index in [9.17, 15) is 4.79 Å². The molecule has 7 nitrogen and oxygen atoms in total. The van der Waals surface area contributed by atoms with Gasteiger partial charge in [0, 0.05) is 31.8 Å². The smallest absolute Gasteiger partial charge is 0.360 e. The summed E-state index contributed by atoms with van der Waals surface area (Å²) in [4.78, 5) is 24.2. The van der Waals surface area contributed by atoms with E-state index in [0.717, 1.165) is 0 Å². The topological polar surface area (TPSA) is 90.6 Å². The Morgan fingerprint density at radius 3 is 2.55 bits per heavy atom. The molecule has 31 heavy (non-hydrogen) atoms. The second-order valence-electron chi connectivity index (χ2n) is 7.70. The second kappa shape index (κ2) is 9.69. The van der Waals surface area contributed by atoms with Crippen LogP contribution >= 0.6 is 23.2 Å². The predicted octanol–water partition coefficient (Wildman–Crippen LogP) is 4.27. The summed E-state index contributed by atoms with van der Waals surface area (Å²) in [7, 11) is 1.69. The number of aryl methyl sites for hydroxylation is 1. The molecule has 1 saturated heterocycles. The SMILES string of the molecule is CCOC(=O)c1nc(-c2cccc(Cl)c2Cl)c(C)nc1N1CCC(OC)(C(C)N)CC1. The molecular weight excluding hydrogens is 439 g/mol. The van der Waals surface area contributed by atoms with Gasteiger partial charge >= 0.3 is 5.97 Å². The zero-order valence-corrected chi connectivity index (χ0v) is 19.8. The van der Waals surface area contributed by atoms with E-state index in [4.69, 9.17) is 43.4 Å². The number of ether oxygens (including phenoxy) is 2. The standard InChI is InChI=1S/C22H28Cl2N4O3/c1-5-31-21(29)19-20(28-11-9-22(30-4,10-12-28)14(3)25)26-13(2)18(27-19)15-7-6-8-16(23)17(15)24/h6-8,14H,5,9-12,25H2,1-4H3. The van der Waals surface area contributed by atoms with E-state index in [1.54, 1.807) is 32.2 Å². The Labute approximate surface area is 192 Å². The minimum absolute atomic E-state index is 0.107. The van der Waals surface area contributed by atoms with Crippen molar-refractivity contribution >= 4 is 35.0 Å². The van der Waals surface area contributed by atoms with Crippen LogP contribution in [-0.4, -0.2) is 54.4 Å². The van der Waals surface area contributed by atoms with Crippen LogP contribution in [0.1, 0.15) is 42.9 Å². The van der Waals surface area contributed by atoms with E-state index in [-0.39, 0.29) is 18.3 Å². The van der Waals surface area contributed by atoms with E-state index in [2.05, 4.69) is 4.98 Å². The molecule has 0 spiro atoms. The first-order valence-electron chi connectivity index (χ1n) is 10.3. The van der Waals surface area contributed by atoms with E-state index in [1.807, 2.05) is 18.7 Å². The Balaban J connectivity index is 2.04. The average Bonchev–Trinajstić information content (AvgIpc) is 2.76. The van der Waals surface area contributed by atoms with Gasteiger partial charge in [0.25, 0.3) is 0 Å². The first kappa shape index (κ1) is 23.7. The lowest BCUT2D eigenvalue weighted by Gasteiger charge is -2.43. The fourth-order valence-electron chi connectivity index (χ4n) is 3.95. The number of piperidine rings is 1. The van der Waals surface area contributed by atoms with E-state index < -0.39 is 11.6 Å². The number of carbonyl (C=O) groups is 1. The van der Waals surface area contributed by atoms with Gasteiger partial charge in [0.15, 0.2) is 11.5 Å². The van der Waals surface area contributed by atoms with Crippen LogP contribution in [0.25, 0.3) is 11.3 Å². The molecule has 2 heterocycles. The summed E-state index contributed by atoms with van der Waals surface area (Å²) in [6.07, 6.45) is 1.43. The molecule has 0 radical (unpaired) electrons. The molecule has 2 aromatic rings. The van der Waals surface area contributed by atoms with Gasteiger partial charge in [0.2, 0.25) is 0 Å². The number of carbonyl (C=O) groups excluding carboxylic acids is 1. The largest absolute Gasteiger partial charge is 0.461 e. The van der Waals surface area contributed by atoms with Crippen molar-refractivity contribution in [3.8, 4) is 11.3 Å². The summed E-state index contributed by atoms with van der Waals surface area (Å²) in [6, 6.07) is 5.18. The molecule has 168 valence electrons. The van der Waals surface area contributed by atoms with Crippen molar-refractivity contribution in [1.82, 2.24) is 9.97 Å². The number of rotatable bonds is 6. The maximum absolute atomic E-state index is 12.8. The van der Waals surface area contributed by atoms with Crippen molar-refractivity contribution in [2.24, 2.45) is 5.73 Å². The molecule has 3 rings (SSSR count). The minimum atomic E-state index is -0.528. The summed E-state index contributed by atoms with van der Waals surface area (Å²) in [6.45, 7) is 7.04. The molecule has 0 bridgehead atoms. The first-order valence-corrected chi connectivity index (χ1v) is 11.1. The van der Waals surface area contributed by atoms with Gasteiger partial charge in [-0.3, -0.25) is 0 Å². The monoisotopic (exact) mass is 466 g/mol. The van der Waals surface area contributed by atoms with Crippen molar-refractivity contribution in [2.45, 2.75) is 45.3 Å². The number of benzene rings is 1. The van der Waals surface area contributed by atoms with Crippen LogP contribution in [0, 0.1) is 6.92 Å². The molecule has 1 atom stereocenters. The van der Waals surface area contributed by atoms with Gasteiger partial charge in [-0.2, -0.15) is 0 Å². The van der Waals surface area contributed by atoms with Crippen LogP contribution in [0.15, 0.2) is 18.2 Å². The average molecular weight is 467 g/mol. The highest BCUT2D eigenvalue weighted by molar-refractivity contribution is 6.43. The van der Waals surface area contributed by atoms with Crippen molar-refractivity contribution in [3.63, 3.8) is 0 Å². The van der Waals surface area contributed by atoms with Gasteiger partial charge in [-0.1, -0.05) is 35.3 Å². The number of aromatic nitrogens is 2. The number of hydrogen-bond donors (Lipinski definition) is 1. The van der Waals surface area contributed by atoms with Crippen LogP contribution in [0.5, 0.6) is 0 Å². The third-order valence-corrected chi connectivity index (χ3v) is 6.69. The molecular formula is C22H28Cl2N4O3. The fraction of sp³-hybridized carbons (Fsp3) is 0.500. The zero-order valence-electron chi connectivity index (χ0n) is 18.2. The molecule has 1 aromatic carbocycles. The molecule has 1 fully saturated rings. The third kappa shape index (κ3) is 4.65. The first-order chi connectivity index (χ1) is 14.7. The van der Waals surface area contributed by atoms with Gasteiger partial charge in [0.05, 0.1) is 33.6 Å². The van der Waals surface area contributed by atoms with E-state index in [0.29, 0.717) is 58.7 Å². The molecule has 1 aromatic heterocycles. The number of hydrogen-bond acceptors (Lipinski definition) is 7. The predicted molar refractivity (Wildman–Crippen MR) is 123 cm³/mol. The third-order valence-electron chi connectivity index (χ3n) is 5.87. The van der Waals surface area contributed by atoms with Crippen molar-refractivity contribution in [1.29, 1.82) is 0 Å². The maximum atomic E-state index is 12.8. The summed E-state index contributed by atoms with van der Waals surface area (Å²) in [5.74, 6) is -0.0348. The Morgan fingerprint density at radius 2 is 1.97 bits per heavy atom. The van der Waals surface area contributed by atoms with Crippen LogP contribution < -0.4 is 10.6 Å². The number of halogens is 2.